The zero-order valence-electron chi connectivity index (χ0n) is 30.7. The predicted octanol–water partition coefficient (Wildman–Crippen LogP) is 9.69. The van der Waals surface area contributed by atoms with Crippen molar-refractivity contribution in [2.24, 2.45) is 5.92 Å². The Morgan fingerprint density at radius 2 is 1.64 bits per heavy atom. The highest BCUT2D eigenvalue weighted by molar-refractivity contribution is 5.88. The van der Waals surface area contributed by atoms with Gasteiger partial charge in [-0.25, -0.2) is 4.79 Å². The Balaban J connectivity index is 1.40. The molecule has 3 aliphatic rings. The Morgan fingerprint density at radius 3 is 2.28 bits per heavy atom. The Kier molecular flexibility index (Phi) is 11.4. The smallest absolute Gasteiger partial charge is 0.350 e. The number of rotatable bonds is 14. The normalized spacial score (nSPS) is 22.5. The number of hydrogen-bond acceptors (Lipinski definition) is 7. The minimum absolute atomic E-state index is 0.0348. The van der Waals surface area contributed by atoms with Gasteiger partial charge in [-0.2, -0.15) is 0 Å². The number of phenolic OH excluding ortho intramolecular Hbond substituents is 2. The van der Waals surface area contributed by atoms with Crippen molar-refractivity contribution in [1.29, 1.82) is 0 Å². The summed E-state index contributed by atoms with van der Waals surface area (Å²) in [6.07, 6.45) is 16.2. The number of carbonyl (C=O) groups is 1. The van der Waals surface area contributed by atoms with Crippen LogP contribution in [0.3, 0.4) is 0 Å². The number of methoxy groups -OCH3 is 1. The summed E-state index contributed by atoms with van der Waals surface area (Å²) in [5, 5.41) is 32.6. The summed E-state index contributed by atoms with van der Waals surface area (Å²) in [6, 6.07) is 6.52. The number of aromatic hydroxyl groups is 2. The van der Waals surface area contributed by atoms with Crippen LogP contribution in [0.25, 0.3) is 11.1 Å². The van der Waals surface area contributed by atoms with Crippen molar-refractivity contribution in [3.8, 4) is 34.1 Å². The minimum atomic E-state index is -1.24. The summed E-state index contributed by atoms with van der Waals surface area (Å²) >= 11 is 0. The summed E-state index contributed by atoms with van der Waals surface area (Å²) < 4.78 is 18.8. The lowest BCUT2D eigenvalue weighted by atomic mass is 9.60. The van der Waals surface area contributed by atoms with E-state index in [0.29, 0.717) is 53.9 Å². The highest BCUT2D eigenvalue weighted by atomic mass is 16.6. The standard InChI is InChI=1S/C43H54O7/c1-27(2)11-8-12-29(5)13-9-14-30(6)15-10-16-31(25-44)17-18-32-23-33(45)24-34-38-36(46)19-20-37-39(38)43(50-40(32)34)26-42(49-37,41(47)48-7)22-21-35(43)28(3)4/h11,13,15,17,19-20,23-24,35,44-46H,3,8-10,12,14,16,18,21-22,25-26H2,1-2,4-7H3/b29-13+,30-15+,31-17-/t35-,42-,43+/m0/s1. The lowest BCUT2D eigenvalue weighted by Gasteiger charge is -2.56. The van der Waals surface area contributed by atoms with E-state index in [2.05, 4.69) is 52.5 Å². The van der Waals surface area contributed by atoms with Gasteiger partial charge >= 0.3 is 5.97 Å². The van der Waals surface area contributed by atoms with Crippen LogP contribution in [0, 0.1) is 5.92 Å². The van der Waals surface area contributed by atoms with E-state index >= 15 is 0 Å². The van der Waals surface area contributed by atoms with Crippen molar-refractivity contribution in [2.75, 3.05) is 13.7 Å². The maximum absolute atomic E-state index is 13.3. The fourth-order valence-corrected chi connectivity index (χ4v) is 8.02. The van der Waals surface area contributed by atoms with E-state index in [-0.39, 0.29) is 30.4 Å². The molecule has 7 heteroatoms. The first-order valence-corrected chi connectivity index (χ1v) is 17.9. The topological polar surface area (TPSA) is 105 Å². The Hall–Kier alpha value is -4.23. The van der Waals surface area contributed by atoms with Crippen molar-refractivity contribution in [1.82, 2.24) is 0 Å². The fraction of sp³-hybridized carbons (Fsp3) is 0.465. The van der Waals surface area contributed by atoms with E-state index in [1.165, 1.54) is 23.8 Å². The van der Waals surface area contributed by atoms with Crippen molar-refractivity contribution < 1.29 is 34.3 Å². The molecule has 0 unspecified atom stereocenters. The van der Waals surface area contributed by atoms with Gasteiger partial charge in [-0.1, -0.05) is 53.2 Å². The van der Waals surface area contributed by atoms with E-state index < -0.39 is 17.2 Å². The largest absolute Gasteiger partial charge is 0.508 e. The molecule has 268 valence electrons. The van der Waals surface area contributed by atoms with Gasteiger partial charge in [-0.05, 0) is 122 Å². The van der Waals surface area contributed by atoms with Gasteiger partial charge in [0.1, 0.15) is 28.6 Å². The first kappa shape index (κ1) is 37.0. The lowest BCUT2D eigenvalue weighted by Crippen LogP contribution is -2.62. The second kappa shape index (κ2) is 15.3. The first-order chi connectivity index (χ1) is 23.8. The molecule has 2 bridgehead atoms. The lowest BCUT2D eigenvalue weighted by molar-refractivity contribution is -0.181. The van der Waals surface area contributed by atoms with E-state index in [1.54, 1.807) is 24.3 Å². The number of carbonyl (C=O) groups excluding carboxylic acids is 1. The number of ether oxygens (including phenoxy) is 3. The first-order valence-electron chi connectivity index (χ1n) is 17.9. The average Bonchev–Trinajstić information content (AvgIpc) is 3.06. The average molecular weight is 683 g/mol. The maximum atomic E-state index is 13.3. The fourth-order valence-electron chi connectivity index (χ4n) is 8.02. The monoisotopic (exact) mass is 682 g/mol. The summed E-state index contributed by atoms with van der Waals surface area (Å²) in [7, 11) is 1.36. The van der Waals surface area contributed by atoms with Gasteiger partial charge in [0.2, 0.25) is 5.60 Å². The van der Waals surface area contributed by atoms with E-state index in [1.807, 2.05) is 13.0 Å². The molecule has 0 saturated heterocycles. The quantitative estimate of drug-likeness (QED) is 0.135. The third-order valence-corrected chi connectivity index (χ3v) is 10.6. The molecule has 5 rings (SSSR count). The molecular formula is C43H54O7. The number of benzene rings is 2. The predicted molar refractivity (Wildman–Crippen MR) is 199 cm³/mol. The molecule has 2 aromatic rings. The van der Waals surface area contributed by atoms with Crippen LogP contribution in [0.1, 0.15) is 104 Å². The molecule has 1 spiro atoms. The third kappa shape index (κ3) is 7.44. The number of fused-ring (bicyclic) bond motifs is 3. The van der Waals surface area contributed by atoms with Crippen LogP contribution in [0.5, 0.6) is 23.0 Å². The number of esters is 1. The van der Waals surface area contributed by atoms with Crippen LogP contribution in [-0.2, 0) is 21.6 Å². The second-order valence-electron chi connectivity index (χ2n) is 14.7. The Morgan fingerprint density at radius 1 is 0.960 bits per heavy atom. The Labute approximate surface area is 297 Å². The molecule has 0 radical (unpaired) electrons. The summed E-state index contributed by atoms with van der Waals surface area (Å²) in [5.74, 6) is 0.428. The van der Waals surface area contributed by atoms with E-state index in [9.17, 15) is 20.1 Å². The van der Waals surface area contributed by atoms with Crippen LogP contribution < -0.4 is 9.47 Å². The zero-order valence-corrected chi connectivity index (χ0v) is 30.7. The van der Waals surface area contributed by atoms with Crippen molar-refractivity contribution in [3.05, 3.63) is 94.1 Å². The van der Waals surface area contributed by atoms with Crippen molar-refractivity contribution >= 4 is 5.97 Å². The zero-order chi connectivity index (χ0) is 36.2. The van der Waals surface area contributed by atoms with Crippen LogP contribution in [0.15, 0.2) is 83.0 Å². The molecule has 2 aromatic carbocycles. The van der Waals surface area contributed by atoms with Gasteiger partial charge in [-0.3, -0.25) is 0 Å². The van der Waals surface area contributed by atoms with Gasteiger partial charge in [0.05, 0.1) is 13.7 Å². The number of aliphatic hydroxyl groups is 1. The van der Waals surface area contributed by atoms with Crippen LogP contribution in [0.2, 0.25) is 0 Å². The van der Waals surface area contributed by atoms with Gasteiger partial charge in [0, 0.05) is 34.6 Å². The highest BCUT2D eigenvalue weighted by Gasteiger charge is 2.64. The molecule has 1 aliphatic carbocycles. The van der Waals surface area contributed by atoms with Crippen molar-refractivity contribution in [3.63, 3.8) is 0 Å². The molecule has 2 heterocycles. The second-order valence-corrected chi connectivity index (χ2v) is 14.7. The number of allylic oxidation sites excluding steroid dienone is 7. The minimum Gasteiger partial charge on any atom is -0.508 e. The highest BCUT2D eigenvalue weighted by Crippen LogP contribution is 2.65. The molecule has 0 amide bonds. The van der Waals surface area contributed by atoms with Gasteiger partial charge < -0.3 is 29.5 Å². The van der Waals surface area contributed by atoms with Crippen molar-refractivity contribution in [2.45, 2.75) is 110 Å². The van der Waals surface area contributed by atoms with E-state index in [0.717, 1.165) is 48.8 Å². The van der Waals surface area contributed by atoms with Crippen LogP contribution in [-0.4, -0.2) is 40.6 Å². The van der Waals surface area contributed by atoms with Gasteiger partial charge in [0.25, 0.3) is 0 Å². The molecule has 3 N–H and O–H groups in total. The van der Waals surface area contributed by atoms with Gasteiger partial charge in [0.15, 0.2) is 0 Å². The van der Waals surface area contributed by atoms with E-state index in [4.69, 9.17) is 14.2 Å². The molecule has 0 aromatic heterocycles. The third-order valence-electron chi connectivity index (χ3n) is 10.6. The number of phenols is 2. The Bertz CT molecular complexity index is 1750. The van der Waals surface area contributed by atoms with Gasteiger partial charge in [-0.15, -0.1) is 0 Å². The van der Waals surface area contributed by atoms with Crippen LogP contribution in [0.4, 0.5) is 0 Å². The summed E-state index contributed by atoms with van der Waals surface area (Å²) in [4.78, 5) is 13.3. The molecule has 1 saturated carbocycles. The maximum Gasteiger partial charge on any atom is 0.350 e. The molecule has 2 aliphatic heterocycles. The molecule has 7 nitrogen and oxygen atoms in total. The molecule has 3 atom stereocenters. The molecule has 1 fully saturated rings. The SMILES string of the molecule is C=C(C)[C@@H]1CC[C@@]2(C(=O)OC)C[C@@]13Oc1c(C/C=C(\CO)CC/C=C(\C)CC/C=C(\C)CCC=C(C)C)cc(O)cc1-c1c(O)ccc(c13)O2. The number of hydrogen-bond donors (Lipinski definition) is 3. The number of aliphatic hydroxyl groups excluding tert-OH is 1. The summed E-state index contributed by atoms with van der Waals surface area (Å²) in [5.41, 5.74) is 6.10. The molecule has 50 heavy (non-hydrogen) atoms. The van der Waals surface area contributed by atoms with Crippen LogP contribution >= 0.6 is 0 Å². The summed E-state index contributed by atoms with van der Waals surface area (Å²) in [6.45, 7) is 14.8. The molecular weight excluding hydrogens is 628 g/mol.